The largest absolute Gasteiger partial charge is 0.350 e. The molecule has 270 valence electrons. The molecule has 0 fully saturated rings. The van der Waals surface area contributed by atoms with Gasteiger partial charge in [0.2, 0.25) is 0 Å². The van der Waals surface area contributed by atoms with Gasteiger partial charge < -0.3 is 9.88 Å². The zero-order valence-corrected chi connectivity index (χ0v) is 32.3. The summed E-state index contributed by atoms with van der Waals surface area (Å²) in [5.41, 5.74) is 9.58. The second-order valence-corrected chi connectivity index (χ2v) is 16.9. The van der Waals surface area contributed by atoms with E-state index in [9.17, 15) is 0 Å². The molecular formula is C51H34N4S2. The quantitative estimate of drug-likeness (QED) is 0.183. The molecule has 2 atom stereocenters. The summed E-state index contributed by atoms with van der Waals surface area (Å²) in [6, 6.07) is 66.1. The van der Waals surface area contributed by atoms with Crippen LogP contribution in [0, 0.1) is 0 Å². The van der Waals surface area contributed by atoms with Crippen LogP contribution in [0.4, 0.5) is 0 Å². The Kier molecular flexibility index (Phi) is 7.45. The van der Waals surface area contributed by atoms with Crippen molar-refractivity contribution in [2.24, 2.45) is 4.99 Å². The molecule has 0 bridgehead atoms. The molecule has 6 heteroatoms. The second kappa shape index (κ2) is 13.0. The summed E-state index contributed by atoms with van der Waals surface area (Å²) < 4.78 is 7.60. The van der Waals surface area contributed by atoms with Crippen molar-refractivity contribution < 1.29 is 0 Å². The van der Waals surface area contributed by atoms with E-state index in [0.717, 1.165) is 17.0 Å². The van der Waals surface area contributed by atoms with Gasteiger partial charge in [-0.25, -0.2) is 4.99 Å². The van der Waals surface area contributed by atoms with Crippen LogP contribution in [-0.2, 0) is 0 Å². The summed E-state index contributed by atoms with van der Waals surface area (Å²) in [5, 5.41) is 15.1. The first-order valence-electron chi connectivity index (χ1n) is 19.3. The lowest BCUT2D eigenvalue weighted by Gasteiger charge is -2.32. The van der Waals surface area contributed by atoms with Gasteiger partial charge in [-0.3, -0.25) is 5.32 Å². The van der Waals surface area contributed by atoms with Gasteiger partial charge >= 0.3 is 0 Å². The van der Waals surface area contributed by atoms with Gasteiger partial charge in [0, 0.05) is 52.0 Å². The van der Waals surface area contributed by atoms with Crippen LogP contribution in [0.25, 0.3) is 79.0 Å². The number of nitrogens with zero attached hydrogens (tertiary/aromatic N) is 2. The molecule has 0 saturated carbocycles. The van der Waals surface area contributed by atoms with Crippen LogP contribution in [0.3, 0.4) is 0 Å². The summed E-state index contributed by atoms with van der Waals surface area (Å²) in [7, 11) is 0. The smallest absolute Gasteiger partial charge is 0.131 e. The molecule has 12 rings (SSSR count). The molecule has 2 unspecified atom stereocenters. The number of aliphatic imine (C=N–C) groups is 1. The second-order valence-electron chi connectivity index (χ2n) is 14.8. The molecule has 0 radical (unpaired) electrons. The average Bonchev–Trinajstić information content (AvgIpc) is 3.95. The van der Waals surface area contributed by atoms with Crippen LogP contribution in [-0.4, -0.2) is 10.4 Å². The fourth-order valence-electron chi connectivity index (χ4n) is 8.75. The van der Waals surface area contributed by atoms with Crippen LogP contribution >= 0.6 is 22.7 Å². The molecular weight excluding hydrogens is 733 g/mol. The van der Waals surface area contributed by atoms with E-state index in [1.54, 1.807) is 0 Å². The topological polar surface area (TPSA) is 41.4 Å². The maximum absolute atomic E-state index is 5.20. The molecule has 4 heterocycles. The lowest BCUT2D eigenvalue weighted by Crippen LogP contribution is -2.44. The zero-order valence-electron chi connectivity index (χ0n) is 30.7. The Balaban J connectivity index is 0.928. The summed E-state index contributed by atoms with van der Waals surface area (Å²) in [4.78, 5) is 5.20. The molecule has 4 nitrogen and oxygen atoms in total. The van der Waals surface area contributed by atoms with E-state index in [1.165, 1.54) is 84.5 Å². The highest BCUT2D eigenvalue weighted by Gasteiger charge is 2.26. The number of amidine groups is 1. The van der Waals surface area contributed by atoms with Gasteiger partial charge in [-0.05, 0) is 70.8 Å². The highest BCUT2D eigenvalue weighted by atomic mass is 32.1. The van der Waals surface area contributed by atoms with Crippen molar-refractivity contribution in [1.82, 2.24) is 15.2 Å². The van der Waals surface area contributed by atoms with Gasteiger partial charge in [0.25, 0.3) is 0 Å². The number of benzene rings is 8. The van der Waals surface area contributed by atoms with Crippen LogP contribution in [0.15, 0.2) is 187 Å². The molecule has 8 aromatic carbocycles. The molecule has 0 saturated heterocycles. The maximum atomic E-state index is 5.20. The predicted molar refractivity (Wildman–Crippen MR) is 243 cm³/mol. The van der Waals surface area contributed by atoms with Crippen LogP contribution in [0.2, 0.25) is 0 Å². The Hall–Kier alpha value is -6.57. The van der Waals surface area contributed by atoms with E-state index in [2.05, 4.69) is 197 Å². The van der Waals surface area contributed by atoms with Gasteiger partial charge in [-0.1, -0.05) is 133 Å². The van der Waals surface area contributed by atoms with E-state index < -0.39 is 0 Å². The molecule has 3 aromatic heterocycles. The molecule has 0 spiro atoms. The lowest BCUT2D eigenvalue weighted by molar-refractivity contribution is 0.409. The number of rotatable bonds is 5. The Labute approximate surface area is 337 Å². The molecule has 0 aliphatic carbocycles. The number of nitrogens with one attached hydrogen (secondary N) is 2. The minimum Gasteiger partial charge on any atom is -0.350 e. The SMILES string of the molecule is c1ccc(C2N=C(c3ccc4c(c3)sc3ccc(-c5ccc6sc7c(-n8c9ccccc9c9ccccc98)cccc7c6c5)cc34)NC(c3ccccc3)N2)cc1. The minimum absolute atomic E-state index is 0.0671. The summed E-state index contributed by atoms with van der Waals surface area (Å²) >= 11 is 3.73. The van der Waals surface area contributed by atoms with E-state index in [1.807, 2.05) is 22.7 Å². The first-order valence-corrected chi connectivity index (χ1v) is 21.0. The monoisotopic (exact) mass is 766 g/mol. The minimum atomic E-state index is -0.161. The average molecular weight is 767 g/mol. The fraction of sp³-hybridized carbons (Fsp3) is 0.0392. The first-order chi connectivity index (χ1) is 28.2. The fourth-order valence-corrected chi connectivity index (χ4v) is 11.1. The highest BCUT2D eigenvalue weighted by molar-refractivity contribution is 7.26. The molecule has 57 heavy (non-hydrogen) atoms. The third kappa shape index (κ3) is 5.33. The van der Waals surface area contributed by atoms with E-state index in [4.69, 9.17) is 4.99 Å². The van der Waals surface area contributed by atoms with Crippen LogP contribution in [0.1, 0.15) is 29.0 Å². The molecule has 2 N–H and O–H groups in total. The van der Waals surface area contributed by atoms with Crippen molar-refractivity contribution in [3.63, 3.8) is 0 Å². The van der Waals surface area contributed by atoms with Gasteiger partial charge in [-0.15, -0.1) is 22.7 Å². The van der Waals surface area contributed by atoms with E-state index in [-0.39, 0.29) is 12.3 Å². The van der Waals surface area contributed by atoms with Gasteiger partial charge in [0.15, 0.2) is 0 Å². The van der Waals surface area contributed by atoms with E-state index >= 15 is 0 Å². The van der Waals surface area contributed by atoms with Gasteiger partial charge in [-0.2, -0.15) is 0 Å². The third-order valence-corrected chi connectivity index (χ3v) is 13.8. The molecule has 11 aromatic rings. The molecule has 0 amide bonds. The zero-order chi connectivity index (χ0) is 37.5. The number of hydrogen-bond acceptors (Lipinski definition) is 5. The number of para-hydroxylation sites is 2. The highest BCUT2D eigenvalue weighted by Crippen LogP contribution is 2.43. The number of aromatic nitrogens is 1. The number of hydrogen-bond donors (Lipinski definition) is 2. The first kappa shape index (κ1) is 32.7. The normalized spacial score (nSPS) is 15.9. The summed E-state index contributed by atoms with van der Waals surface area (Å²) in [6.45, 7) is 0. The molecule has 1 aliphatic heterocycles. The Bertz CT molecular complexity index is 3320. The third-order valence-electron chi connectivity index (χ3n) is 11.5. The Morgan fingerprint density at radius 2 is 1.04 bits per heavy atom. The van der Waals surface area contributed by atoms with Crippen LogP contribution in [0.5, 0.6) is 0 Å². The van der Waals surface area contributed by atoms with E-state index in [0.29, 0.717) is 0 Å². The maximum Gasteiger partial charge on any atom is 0.131 e. The van der Waals surface area contributed by atoms with Crippen molar-refractivity contribution in [3.05, 3.63) is 199 Å². The standard InChI is InChI=1S/C51H34N4S2/c1-3-12-31(13-4-1)49-52-50(32-14-5-2-6-15-32)54-51(53-49)35-22-25-38-40-28-33(23-26-45(40)56-47(38)30-35)34-24-27-46-41(29-34)39-18-11-21-44(48(39)57-46)55-42-19-9-7-16-36(42)37-17-8-10-20-43(37)55/h1-30,49-50,52H,(H,53,54). The van der Waals surface area contributed by atoms with Crippen molar-refractivity contribution in [1.29, 1.82) is 0 Å². The predicted octanol–water partition coefficient (Wildman–Crippen LogP) is 13.5. The van der Waals surface area contributed by atoms with Crippen molar-refractivity contribution >= 4 is 90.7 Å². The van der Waals surface area contributed by atoms with Gasteiger partial charge in [0.05, 0.1) is 21.4 Å². The summed E-state index contributed by atoms with van der Waals surface area (Å²) in [5.74, 6) is 0.897. The summed E-state index contributed by atoms with van der Waals surface area (Å²) in [6.07, 6.45) is -0.228. The lowest BCUT2D eigenvalue weighted by atomic mass is 10.00. The number of fused-ring (bicyclic) bond motifs is 9. The van der Waals surface area contributed by atoms with Crippen LogP contribution < -0.4 is 10.6 Å². The van der Waals surface area contributed by atoms with Crippen molar-refractivity contribution in [3.8, 4) is 16.8 Å². The molecule has 1 aliphatic rings. The van der Waals surface area contributed by atoms with Gasteiger partial charge in [0.1, 0.15) is 18.2 Å². The van der Waals surface area contributed by atoms with Crippen molar-refractivity contribution in [2.75, 3.05) is 0 Å². The van der Waals surface area contributed by atoms with Crippen molar-refractivity contribution in [2.45, 2.75) is 12.3 Å². The number of thiophene rings is 2. The Morgan fingerprint density at radius 1 is 0.439 bits per heavy atom. The Morgan fingerprint density at radius 3 is 1.75 bits per heavy atom.